The van der Waals surface area contributed by atoms with Gasteiger partial charge in [-0.05, 0) is 57.8 Å². The molecule has 0 atom stereocenters. The Labute approximate surface area is 241 Å². The second kappa shape index (κ2) is 8.57. The van der Waals surface area contributed by atoms with Crippen LogP contribution in [0, 0.1) is 0 Å². The summed E-state index contributed by atoms with van der Waals surface area (Å²) in [4.78, 5) is 6.51. The minimum atomic E-state index is 0.915. The van der Waals surface area contributed by atoms with Gasteiger partial charge in [0.1, 0.15) is 5.65 Å². The highest BCUT2D eigenvalue weighted by Crippen LogP contribution is 2.47. The third-order valence-corrected chi connectivity index (χ3v) is 9.49. The first-order chi connectivity index (χ1) is 20.3. The summed E-state index contributed by atoms with van der Waals surface area (Å²) in [5.74, 6) is 0.915. The van der Waals surface area contributed by atoms with E-state index in [2.05, 4.69) is 132 Å². The first kappa shape index (κ1) is 22.9. The van der Waals surface area contributed by atoms with Crippen LogP contribution in [0.1, 0.15) is 5.56 Å². The van der Waals surface area contributed by atoms with Gasteiger partial charge in [-0.25, -0.2) is 4.98 Å². The van der Waals surface area contributed by atoms with E-state index < -0.39 is 0 Å². The third kappa shape index (κ3) is 3.24. The van der Waals surface area contributed by atoms with E-state index in [4.69, 9.17) is 4.98 Å². The summed E-state index contributed by atoms with van der Waals surface area (Å²) in [6.45, 7) is 4.57. The van der Waals surface area contributed by atoms with Crippen LogP contribution in [0.2, 0.25) is 0 Å². The van der Waals surface area contributed by atoms with Crippen molar-refractivity contribution in [3.05, 3.63) is 134 Å². The van der Waals surface area contributed by atoms with E-state index >= 15 is 0 Å². The molecule has 3 aromatic heterocycles. The number of rotatable bonds is 1. The molecular formula is C38H24N2S. The Kier molecular flexibility index (Phi) is 4.79. The number of aromatic nitrogens is 2. The molecule has 0 unspecified atom stereocenters. The Balaban J connectivity index is 1.48. The number of pyridine rings is 1. The molecule has 0 saturated carbocycles. The molecule has 0 aliphatic carbocycles. The molecule has 5 aromatic carbocycles. The van der Waals surface area contributed by atoms with Crippen molar-refractivity contribution in [2.24, 2.45) is 0 Å². The van der Waals surface area contributed by atoms with Gasteiger partial charge in [0.25, 0.3) is 0 Å². The Morgan fingerprint density at radius 3 is 2.54 bits per heavy atom. The molecule has 0 amide bonds. The Hall–Kier alpha value is -4.86. The first-order valence-electron chi connectivity index (χ1n) is 14.0. The standard InChI is InChI=1S/C38H24N2S/c1-23-10-3-2-8-19-41-34-22-29-30-21-26-12-5-7-16-32(26)39-38(30)40-33-18-17-25(20-31(33)36(35(23)34)37(29)40)28-15-9-13-24-11-4-6-14-27(24)28/h2-18,20-22H,1,19H2/b8-2-,10-3-. The highest BCUT2D eigenvalue weighted by Gasteiger charge is 2.25. The molecule has 8 aromatic rings. The van der Waals surface area contributed by atoms with Crippen molar-refractivity contribution in [3.63, 3.8) is 0 Å². The molecule has 1 aliphatic heterocycles. The van der Waals surface area contributed by atoms with E-state index in [9.17, 15) is 0 Å². The highest BCUT2D eigenvalue weighted by molar-refractivity contribution is 7.99. The van der Waals surface area contributed by atoms with Crippen molar-refractivity contribution >= 4 is 77.2 Å². The van der Waals surface area contributed by atoms with E-state index in [1.54, 1.807) is 0 Å². The van der Waals surface area contributed by atoms with Crippen LogP contribution in [0.15, 0.2) is 133 Å². The Bertz CT molecular complexity index is 2430. The van der Waals surface area contributed by atoms with Crippen LogP contribution in [-0.4, -0.2) is 15.1 Å². The molecule has 2 nitrogen and oxygen atoms in total. The third-order valence-electron chi connectivity index (χ3n) is 8.50. The molecule has 0 spiro atoms. The second-order valence-corrected chi connectivity index (χ2v) is 11.9. The summed E-state index contributed by atoms with van der Waals surface area (Å²) in [6.07, 6.45) is 8.61. The summed E-state index contributed by atoms with van der Waals surface area (Å²) >= 11 is 1.88. The van der Waals surface area contributed by atoms with Crippen molar-refractivity contribution in [2.75, 3.05) is 5.75 Å². The molecule has 9 rings (SSSR count). The van der Waals surface area contributed by atoms with Crippen LogP contribution in [0.4, 0.5) is 0 Å². The van der Waals surface area contributed by atoms with E-state index in [0.717, 1.165) is 22.5 Å². The summed E-state index contributed by atoms with van der Waals surface area (Å²) < 4.78 is 2.39. The highest BCUT2D eigenvalue weighted by atomic mass is 32.2. The topological polar surface area (TPSA) is 17.3 Å². The Morgan fingerprint density at radius 1 is 0.732 bits per heavy atom. The van der Waals surface area contributed by atoms with Gasteiger partial charge < -0.3 is 0 Å². The SMILES string of the molecule is C=C1/C=C\C=C/CSc2cc3c4cc5ccccc5nc4n4c5ccc(-c6cccc7ccccc67)cc5c(c21)c34. The molecule has 0 bridgehead atoms. The molecule has 41 heavy (non-hydrogen) atoms. The van der Waals surface area contributed by atoms with Crippen molar-refractivity contribution in [3.8, 4) is 11.1 Å². The quantitative estimate of drug-likeness (QED) is 0.206. The van der Waals surface area contributed by atoms with Crippen LogP contribution in [0.5, 0.6) is 0 Å². The molecule has 3 heteroatoms. The number of nitrogens with zero attached hydrogens (tertiary/aromatic N) is 2. The zero-order chi connectivity index (χ0) is 27.1. The number of hydrogen-bond acceptors (Lipinski definition) is 2. The lowest BCUT2D eigenvalue weighted by Gasteiger charge is -2.12. The normalized spacial score (nSPS) is 15.6. The van der Waals surface area contributed by atoms with E-state index in [-0.39, 0.29) is 0 Å². The number of thioether (sulfide) groups is 1. The summed E-state index contributed by atoms with van der Waals surface area (Å²) in [5, 5.41) is 8.65. The maximum absolute atomic E-state index is 5.25. The van der Waals surface area contributed by atoms with E-state index in [0.29, 0.717) is 0 Å². The number of allylic oxidation sites excluding steroid dienone is 4. The number of benzene rings is 5. The zero-order valence-corrected chi connectivity index (χ0v) is 23.1. The first-order valence-corrected chi connectivity index (χ1v) is 14.9. The van der Waals surface area contributed by atoms with Crippen LogP contribution in [-0.2, 0) is 0 Å². The van der Waals surface area contributed by atoms with Crippen molar-refractivity contribution < 1.29 is 0 Å². The fourth-order valence-electron chi connectivity index (χ4n) is 6.70. The van der Waals surface area contributed by atoms with Gasteiger partial charge in [0.2, 0.25) is 0 Å². The molecule has 0 N–H and O–H groups in total. The summed E-state index contributed by atoms with van der Waals surface area (Å²) in [7, 11) is 0. The number of hydrogen-bond donors (Lipinski definition) is 0. The molecule has 0 radical (unpaired) electrons. The lowest BCUT2D eigenvalue weighted by Crippen LogP contribution is -1.89. The molecule has 0 fully saturated rings. The van der Waals surface area contributed by atoms with Gasteiger partial charge in [-0.3, -0.25) is 4.40 Å². The maximum atomic E-state index is 5.25. The van der Waals surface area contributed by atoms with Gasteiger partial charge in [0, 0.05) is 43.1 Å². The summed E-state index contributed by atoms with van der Waals surface area (Å²) in [6, 6.07) is 35.3. The average molecular weight is 541 g/mol. The van der Waals surface area contributed by atoms with Crippen molar-refractivity contribution in [1.29, 1.82) is 0 Å². The largest absolute Gasteiger partial charge is 0.293 e. The smallest absolute Gasteiger partial charge is 0.146 e. The summed E-state index contributed by atoms with van der Waals surface area (Å²) in [5.41, 5.74) is 9.17. The average Bonchev–Trinajstić information content (AvgIpc) is 3.53. The van der Waals surface area contributed by atoms with Crippen molar-refractivity contribution in [1.82, 2.24) is 9.38 Å². The van der Waals surface area contributed by atoms with Crippen LogP contribution < -0.4 is 0 Å². The van der Waals surface area contributed by atoms with E-state index in [1.165, 1.54) is 70.3 Å². The maximum Gasteiger partial charge on any atom is 0.146 e. The lowest BCUT2D eigenvalue weighted by molar-refractivity contribution is 1.29. The van der Waals surface area contributed by atoms with Crippen molar-refractivity contribution in [2.45, 2.75) is 4.90 Å². The minimum absolute atomic E-state index is 0.915. The molecule has 0 saturated heterocycles. The van der Waals surface area contributed by atoms with Crippen LogP contribution in [0.25, 0.3) is 76.6 Å². The minimum Gasteiger partial charge on any atom is -0.293 e. The molecular weight excluding hydrogens is 516 g/mol. The monoisotopic (exact) mass is 540 g/mol. The van der Waals surface area contributed by atoms with Gasteiger partial charge in [0.15, 0.2) is 0 Å². The van der Waals surface area contributed by atoms with Gasteiger partial charge in [-0.2, -0.15) is 0 Å². The van der Waals surface area contributed by atoms with Crippen LogP contribution >= 0.6 is 11.8 Å². The second-order valence-electron chi connectivity index (χ2n) is 10.8. The van der Waals surface area contributed by atoms with Crippen LogP contribution in [0.3, 0.4) is 0 Å². The lowest BCUT2D eigenvalue weighted by atomic mass is 9.94. The molecule has 4 heterocycles. The Morgan fingerprint density at radius 2 is 1.59 bits per heavy atom. The van der Waals surface area contributed by atoms with E-state index in [1.807, 2.05) is 11.8 Å². The van der Waals surface area contributed by atoms with Gasteiger partial charge in [-0.15, -0.1) is 11.8 Å². The number of fused-ring (bicyclic) bond motifs is 10. The molecule has 1 aliphatic rings. The predicted octanol–water partition coefficient (Wildman–Crippen LogP) is 10.4. The fraction of sp³-hybridized carbons (Fsp3) is 0.0263. The van der Waals surface area contributed by atoms with Gasteiger partial charge >= 0.3 is 0 Å². The van der Waals surface area contributed by atoms with Gasteiger partial charge in [0.05, 0.1) is 16.6 Å². The predicted molar refractivity (Wildman–Crippen MR) is 177 cm³/mol. The zero-order valence-electron chi connectivity index (χ0n) is 22.3. The molecule has 192 valence electrons. The number of para-hydroxylation sites is 1. The fourth-order valence-corrected chi connectivity index (χ4v) is 7.66. The van der Waals surface area contributed by atoms with Gasteiger partial charge in [-0.1, -0.05) is 97.6 Å².